The van der Waals surface area contributed by atoms with Crippen LogP contribution in [0.15, 0.2) is 146 Å². The number of hydrogen-bond acceptors (Lipinski definition) is 3. The third-order valence-corrected chi connectivity index (χ3v) is 11.6. The van der Waals surface area contributed by atoms with Crippen LogP contribution in [0.3, 0.4) is 0 Å². The van der Waals surface area contributed by atoms with Crippen LogP contribution in [0, 0.1) is 20.8 Å². The molecule has 0 saturated carbocycles. The van der Waals surface area contributed by atoms with Crippen LogP contribution in [0.1, 0.15) is 84.7 Å². The normalized spacial score (nSPS) is 16.0. The molecule has 0 radical (unpaired) electrons. The molecule has 0 bridgehead atoms. The molecule has 0 N–H and O–H groups in total. The quantitative estimate of drug-likeness (QED) is 0.164. The van der Waals surface area contributed by atoms with E-state index in [4.69, 9.17) is 14.8 Å². The summed E-state index contributed by atoms with van der Waals surface area (Å²) in [7, 11) is 0. The zero-order valence-corrected chi connectivity index (χ0v) is 33.1. The summed E-state index contributed by atoms with van der Waals surface area (Å²) in [5.74, 6) is 2.97. The van der Waals surface area contributed by atoms with Crippen LogP contribution in [0.5, 0.6) is 11.5 Å². The number of nitrogens with zero attached hydrogens (tertiary/aromatic N) is 4. The van der Waals surface area contributed by atoms with Gasteiger partial charge >= 0.3 is 0 Å². The summed E-state index contributed by atoms with van der Waals surface area (Å²) in [6.45, 7) is 13.2. The number of benzene rings is 5. The van der Waals surface area contributed by atoms with Crippen molar-refractivity contribution in [2.24, 2.45) is 0 Å². The highest BCUT2D eigenvalue weighted by molar-refractivity contribution is 6.09. The van der Waals surface area contributed by atoms with Crippen LogP contribution in [0.2, 0.25) is 0 Å². The molecule has 0 saturated heterocycles. The summed E-state index contributed by atoms with van der Waals surface area (Å²) in [5.41, 5.74) is 13.1. The van der Waals surface area contributed by atoms with Crippen molar-refractivity contribution >= 4 is 27.4 Å². The van der Waals surface area contributed by atoms with Gasteiger partial charge in [-0.05, 0) is 115 Å². The van der Waals surface area contributed by atoms with Gasteiger partial charge in [-0.1, -0.05) is 106 Å². The van der Waals surface area contributed by atoms with E-state index in [0.717, 1.165) is 69.2 Å². The molecular formula is C51H48N4O. The Hall–Kier alpha value is -6.20. The van der Waals surface area contributed by atoms with E-state index in [2.05, 4.69) is 190 Å². The molecule has 8 aromatic rings. The molecule has 1 aliphatic rings. The Morgan fingerprint density at radius 2 is 1.43 bits per heavy atom. The molecule has 2 atom stereocenters. The number of para-hydroxylation sites is 1. The van der Waals surface area contributed by atoms with Gasteiger partial charge < -0.3 is 4.74 Å². The minimum Gasteiger partial charge on any atom is -0.457 e. The first kappa shape index (κ1) is 35.5. The summed E-state index contributed by atoms with van der Waals surface area (Å²) in [4.78, 5) is 4.87. The van der Waals surface area contributed by atoms with Crippen molar-refractivity contribution in [3.05, 3.63) is 185 Å². The van der Waals surface area contributed by atoms with Crippen LogP contribution >= 0.6 is 0 Å². The van der Waals surface area contributed by atoms with Crippen molar-refractivity contribution in [3.8, 4) is 23.0 Å². The summed E-state index contributed by atoms with van der Waals surface area (Å²) in [5, 5.41) is 7.61. The van der Waals surface area contributed by atoms with Crippen LogP contribution in [0.25, 0.3) is 38.9 Å². The van der Waals surface area contributed by atoms with Gasteiger partial charge in [0.25, 0.3) is 0 Å². The molecule has 278 valence electrons. The molecule has 5 heteroatoms. The Bertz CT molecular complexity index is 2750. The molecule has 3 aromatic heterocycles. The lowest BCUT2D eigenvalue weighted by molar-refractivity contribution is 0.482. The Morgan fingerprint density at radius 3 is 2.21 bits per heavy atom. The van der Waals surface area contributed by atoms with Gasteiger partial charge in [-0.15, -0.1) is 0 Å². The van der Waals surface area contributed by atoms with Crippen LogP contribution < -0.4 is 4.74 Å². The zero-order valence-electron chi connectivity index (χ0n) is 33.1. The predicted octanol–water partition coefficient (Wildman–Crippen LogP) is 13.1. The van der Waals surface area contributed by atoms with Crippen molar-refractivity contribution in [1.29, 1.82) is 0 Å². The molecule has 0 aliphatic heterocycles. The number of pyridine rings is 1. The molecular weight excluding hydrogens is 685 g/mol. The fourth-order valence-corrected chi connectivity index (χ4v) is 8.94. The summed E-state index contributed by atoms with van der Waals surface area (Å²) >= 11 is 0. The smallest absolute Gasteiger partial charge is 0.137 e. The highest BCUT2D eigenvalue weighted by Gasteiger charge is 2.35. The fraction of sp³-hybridized carbons (Fsp3) is 0.216. The topological polar surface area (TPSA) is 44.9 Å². The number of fused-ring (bicyclic) bond motifs is 3. The van der Waals surface area contributed by atoms with E-state index in [1.54, 1.807) is 0 Å². The third-order valence-electron chi connectivity index (χ3n) is 11.6. The van der Waals surface area contributed by atoms with Gasteiger partial charge in [0.05, 0.1) is 22.4 Å². The molecule has 1 aliphatic carbocycles. The molecule has 0 spiro atoms. The molecule has 3 heterocycles. The molecule has 0 fully saturated rings. The fourth-order valence-electron chi connectivity index (χ4n) is 8.94. The van der Waals surface area contributed by atoms with E-state index < -0.39 is 0 Å². The Balaban J connectivity index is 1.11. The Kier molecular flexibility index (Phi) is 8.96. The first-order valence-electron chi connectivity index (χ1n) is 19.8. The van der Waals surface area contributed by atoms with E-state index >= 15 is 0 Å². The zero-order chi connectivity index (χ0) is 38.6. The highest BCUT2D eigenvalue weighted by atomic mass is 16.5. The lowest BCUT2D eigenvalue weighted by atomic mass is 9.69. The number of ether oxygens (including phenoxy) is 1. The number of aromatic nitrogens is 4. The number of aryl methyl sites for hydroxylation is 2. The van der Waals surface area contributed by atoms with Gasteiger partial charge in [-0.2, -0.15) is 5.10 Å². The van der Waals surface area contributed by atoms with Crippen LogP contribution in [-0.2, 0) is 5.41 Å². The maximum Gasteiger partial charge on any atom is 0.137 e. The van der Waals surface area contributed by atoms with Crippen molar-refractivity contribution in [2.45, 2.75) is 71.6 Å². The van der Waals surface area contributed by atoms with Gasteiger partial charge in [0, 0.05) is 46.3 Å². The standard InChI is InChI=1S/C51H48N4O/c1-33-28-39(55-35(3)49(34(2)53-55)50-42(36-16-9-7-10-17-36)21-15-22-43(50)37-18-11-8-12-19-37)31-41(29-33)56-40-24-25-45-44-20-13-14-23-46(44)54(47(45)32-40)48-30-38(26-27-52-48)51(4,5)6/h7-14,16-21,23-32,43,50H,15,22H2,1-6H3/t43-,50?/m1/s1. The molecule has 5 nitrogen and oxygen atoms in total. The highest BCUT2D eigenvalue weighted by Crippen LogP contribution is 2.50. The Labute approximate surface area is 329 Å². The van der Waals surface area contributed by atoms with Crippen molar-refractivity contribution < 1.29 is 4.74 Å². The maximum absolute atomic E-state index is 6.75. The molecule has 0 amide bonds. The van der Waals surface area contributed by atoms with E-state index in [9.17, 15) is 0 Å². The van der Waals surface area contributed by atoms with Crippen LogP contribution in [-0.4, -0.2) is 19.3 Å². The average Bonchev–Trinajstić information content (AvgIpc) is 3.70. The molecule has 5 aromatic carbocycles. The second-order valence-corrected chi connectivity index (χ2v) is 16.4. The molecule has 1 unspecified atom stereocenters. The van der Waals surface area contributed by atoms with E-state index in [1.165, 1.54) is 33.2 Å². The SMILES string of the molecule is Cc1cc(Oc2ccc3c4ccccc4n(-c4cc(C(C)(C)C)ccn4)c3c2)cc(-n2nc(C)c(C3C(c4ccccc4)=CCC[C@@H]3c3ccccc3)c2C)c1. The lowest BCUT2D eigenvalue weighted by Gasteiger charge is -2.34. The molecule has 56 heavy (non-hydrogen) atoms. The first-order chi connectivity index (χ1) is 27.1. The minimum atomic E-state index is 0.000716. The van der Waals surface area contributed by atoms with E-state index in [-0.39, 0.29) is 11.3 Å². The van der Waals surface area contributed by atoms with Gasteiger partial charge in [0.1, 0.15) is 17.3 Å². The third kappa shape index (κ3) is 6.41. The van der Waals surface area contributed by atoms with Gasteiger partial charge in [-0.3, -0.25) is 4.57 Å². The van der Waals surface area contributed by atoms with Gasteiger partial charge in [0.2, 0.25) is 0 Å². The lowest BCUT2D eigenvalue weighted by Crippen LogP contribution is -2.18. The van der Waals surface area contributed by atoms with E-state index in [0.29, 0.717) is 5.92 Å². The Morgan fingerprint density at radius 1 is 0.696 bits per heavy atom. The predicted molar refractivity (Wildman–Crippen MR) is 231 cm³/mol. The largest absolute Gasteiger partial charge is 0.457 e. The minimum absolute atomic E-state index is 0.000716. The van der Waals surface area contributed by atoms with Gasteiger partial charge in [-0.25, -0.2) is 9.67 Å². The van der Waals surface area contributed by atoms with E-state index in [1.807, 2.05) is 6.20 Å². The average molecular weight is 733 g/mol. The number of allylic oxidation sites excluding steroid dienone is 2. The van der Waals surface area contributed by atoms with Crippen LogP contribution in [0.4, 0.5) is 0 Å². The molecule has 9 rings (SSSR count). The van der Waals surface area contributed by atoms with Gasteiger partial charge in [0.15, 0.2) is 0 Å². The maximum atomic E-state index is 6.75. The number of hydrogen-bond donors (Lipinski definition) is 0. The number of rotatable bonds is 7. The van der Waals surface area contributed by atoms with Crippen molar-refractivity contribution in [3.63, 3.8) is 0 Å². The summed E-state index contributed by atoms with van der Waals surface area (Å²) in [6, 6.07) is 47.6. The second kappa shape index (κ2) is 14.1. The monoisotopic (exact) mass is 732 g/mol. The first-order valence-corrected chi connectivity index (χ1v) is 19.8. The summed E-state index contributed by atoms with van der Waals surface area (Å²) < 4.78 is 11.1. The van der Waals surface area contributed by atoms with Crippen molar-refractivity contribution in [2.75, 3.05) is 0 Å². The summed E-state index contributed by atoms with van der Waals surface area (Å²) in [6.07, 6.45) is 6.53. The second-order valence-electron chi connectivity index (χ2n) is 16.4. The van der Waals surface area contributed by atoms with Crippen molar-refractivity contribution in [1.82, 2.24) is 19.3 Å².